The van der Waals surface area contributed by atoms with Gasteiger partial charge in [0.05, 0.1) is 24.5 Å². The van der Waals surface area contributed by atoms with Gasteiger partial charge in [-0.15, -0.1) is 0 Å². The topological polar surface area (TPSA) is 117 Å². The second-order valence-electron chi connectivity index (χ2n) is 9.80. The summed E-state index contributed by atoms with van der Waals surface area (Å²) >= 11 is 0. The normalized spacial score (nSPS) is 22.1. The minimum Gasteiger partial charge on any atom is -0.391 e. The number of aliphatic hydroxyl groups is 1. The minimum atomic E-state index is -0.536. The number of carbonyl (C=O) groups is 3. The molecular weight excluding hydrogens is 458 g/mol. The van der Waals surface area contributed by atoms with Gasteiger partial charge in [-0.05, 0) is 56.4 Å². The molecular formula is C27H31N5O4. The Morgan fingerprint density at radius 2 is 1.89 bits per heavy atom. The molecule has 1 aromatic carbocycles. The van der Waals surface area contributed by atoms with Gasteiger partial charge in [0, 0.05) is 34.8 Å². The number of carbonyl (C=O) groups excluding carboxylic acids is 3. The fourth-order valence-corrected chi connectivity index (χ4v) is 5.48. The molecule has 1 saturated heterocycles. The van der Waals surface area contributed by atoms with E-state index in [1.54, 1.807) is 28.1 Å². The van der Waals surface area contributed by atoms with Crippen molar-refractivity contribution in [3.8, 4) is 11.1 Å². The van der Waals surface area contributed by atoms with Crippen molar-refractivity contribution >= 4 is 28.5 Å². The van der Waals surface area contributed by atoms with Crippen molar-refractivity contribution in [1.82, 2.24) is 25.0 Å². The molecule has 2 aromatic heterocycles. The van der Waals surface area contributed by atoms with Crippen LogP contribution in [0, 0.1) is 0 Å². The van der Waals surface area contributed by atoms with Gasteiger partial charge in [-0.2, -0.15) is 10.2 Å². The molecule has 1 aliphatic carbocycles. The van der Waals surface area contributed by atoms with E-state index < -0.39 is 12.1 Å². The van der Waals surface area contributed by atoms with E-state index in [4.69, 9.17) is 0 Å². The molecule has 1 saturated carbocycles. The summed E-state index contributed by atoms with van der Waals surface area (Å²) in [4.78, 5) is 40.5. The number of benzene rings is 1. The third-order valence-electron chi connectivity index (χ3n) is 7.42. The van der Waals surface area contributed by atoms with Crippen molar-refractivity contribution in [1.29, 1.82) is 0 Å². The third-order valence-corrected chi connectivity index (χ3v) is 7.42. The Hall–Kier alpha value is -3.59. The van der Waals surface area contributed by atoms with Gasteiger partial charge in [0.1, 0.15) is 12.6 Å². The monoisotopic (exact) mass is 489 g/mol. The van der Waals surface area contributed by atoms with Crippen molar-refractivity contribution in [2.24, 2.45) is 0 Å². The largest absolute Gasteiger partial charge is 0.391 e. The highest BCUT2D eigenvalue weighted by molar-refractivity contribution is 6.08. The van der Waals surface area contributed by atoms with Crippen LogP contribution < -0.4 is 5.32 Å². The lowest BCUT2D eigenvalue weighted by Crippen LogP contribution is -2.52. The molecule has 3 atom stereocenters. The molecule has 2 amide bonds. The van der Waals surface area contributed by atoms with E-state index in [-0.39, 0.29) is 30.2 Å². The molecule has 0 radical (unpaired) electrons. The summed E-state index contributed by atoms with van der Waals surface area (Å²) in [6.07, 6.45) is 9.24. The molecule has 2 N–H and O–H groups in total. The zero-order chi connectivity index (χ0) is 25.2. The van der Waals surface area contributed by atoms with Gasteiger partial charge in [-0.25, -0.2) is 0 Å². The first-order valence-corrected chi connectivity index (χ1v) is 12.6. The predicted octanol–water partition coefficient (Wildman–Crippen LogP) is 2.71. The Morgan fingerprint density at radius 1 is 1.06 bits per heavy atom. The number of Topliss-reactive ketones (excluding diaryl/α,β-unsaturated/α-hetero) is 1. The van der Waals surface area contributed by atoms with Crippen molar-refractivity contribution in [2.45, 2.75) is 70.2 Å². The molecule has 1 aliphatic heterocycles. The fraction of sp³-hybridized carbons (Fsp3) is 0.444. The van der Waals surface area contributed by atoms with Crippen LogP contribution in [0.1, 0.15) is 55.8 Å². The summed E-state index contributed by atoms with van der Waals surface area (Å²) in [6.45, 7) is 2.07. The molecule has 3 heterocycles. The number of amides is 2. The van der Waals surface area contributed by atoms with E-state index in [2.05, 4.69) is 15.5 Å². The highest BCUT2D eigenvalue weighted by atomic mass is 16.3. The third kappa shape index (κ3) is 4.75. The standard InChI is InChI=1S/C27H31N5O4/c1-17(33)21-15-31(23-9-8-18(13-20(21)23)19-10-11-28-29-14-19)16-26(35)32-12-4-6-24(32)27(36)30-22-5-2-3-7-25(22)34/h8-11,13-15,22,24-25,34H,2-7,12,16H2,1H3,(H,30,36)/t22-,24-,25-/m0/s1. The van der Waals surface area contributed by atoms with Gasteiger partial charge in [-0.3, -0.25) is 14.4 Å². The van der Waals surface area contributed by atoms with Gasteiger partial charge in [0.25, 0.3) is 0 Å². The number of ketones is 1. The number of nitrogens with one attached hydrogen (secondary N) is 1. The Balaban J connectivity index is 1.36. The van der Waals surface area contributed by atoms with Crippen LogP contribution >= 0.6 is 0 Å². The van der Waals surface area contributed by atoms with Crippen LogP contribution in [0.15, 0.2) is 42.9 Å². The number of likely N-dealkylation sites (tertiary alicyclic amines) is 1. The van der Waals surface area contributed by atoms with Crippen LogP contribution in [0.5, 0.6) is 0 Å². The molecule has 2 fully saturated rings. The Morgan fingerprint density at radius 3 is 2.64 bits per heavy atom. The fourth-order valence-electron chi connectivity index (χ4n) is 5.48. The number of aromatic nitrogens is 3. The smallest absolute Gasteiger partial charge is 0.243 e. The average molecular weight is 490 g/mol. The van der Waals surface area contributed by atoms with Crippen LogP contribution in [0.25, 0.3) is 22.0 Å². The SMILES string of the molecule is CC(=O)c1cn(CC(=O)N2CCC[C@H]2C(=O)N[C@H]2CCCC[C@@H]2O)c2ccc(-c3ccnnc3)cc12. The molecule has 3 aromatic rings. The van der Waals surface area contributed by atoms with Crippen LogP contribution in [-0.4, -0.2) is 67.1 Å². The molecule has 9 heteroatoms. The van der Waals surface area contributed by atoms with Gasteiger partial charge in [-0.1, -0.05) is 18.9 Å². The number of fused-ring (bicyclic) bond motifs is 1. The van der Waals surface area contributed by atoms with Crippen molar-refractivity contribution < 1.29 is 19.5 Å². The summed E-state index contributed by atoms with van der Waals surface area (Å²) in [5, 5.41) is 21.7. The Bertz CT molecular complexity index is 1290. The van der Waals surface area contributed by atoms with Gasteiger partial charge >= 0.3 is 0 Å². The van der Waals surface area contributed by atoms with E-state index in [0.717, 1.165) is 47.7 Å². The quantitative estimate of drug-likeness (QED) is 0.514. The van der Waals surface area contributed by atoms with E-state index >= 15 is 0 Å². The first-order chi connectivity index (χ1) is 17.4. The summed E-state index contributed by atoms with van der Waals surface area (Å²) in [5.74, 6) is -0.434. The lowest BCUT2D eigenvalue weighted by atomic mass is 9.92. The zero-order valence-electron chi connectivity index (χ0n) is 20.4. The van der Waals surface area contributed by atoms with Crippen molar-refractivity contribution in [3.63, 3.8) is 0 Å². The second-order valence-corrected chi connectivity index (χ2v) is 9.80. The molecule has 188 valence electrons. The van der Waals surface area contributed by atoms with Crippen LogP contribution in [0.4, 0.5) is 0 Å². The number of rotatable bonds is 6. The van der Waals surface area contributed by atoms with Crippen LogP contribution in [-0.2, 0) is 16.1 Å². The number of nitrogens with zero attached hydrogens (tertiary/aromatic N) is 4. The first kappa shape index (κ1) is 24.1. The molecule has 2 aliphatic rings. The maximum atomic E-state index is 13.4. The molecule has 0 unspecified atom stereocenters. The zero-order valence-corrected chi connectivity index (χ0v) is 20.4. The van der Waals surface area contributed by atoms with E-state index in [0.29, 0.717) is 24.9 Å². The van der Waals surface area contributed by atoms with E-state index in [9.17, 15) is 19.5 Å². The van der Waals surface area contributed by atoms with Crippen LogP contribution in [0.3, 0.4) is 0 Å². The summed E-state index contributed by atoms with van der Waals surface area (Å²) in [7, 11) is 0. The maximum Gasteiger partial charge on any atom is 0.243 e. The van der Waals surface area contributed by atoms with Gasteiger partial charge in [0.2, 0.25) is 11.8 Å². The maximum absolute atomic E-state index is 13.4. The number of hydrogen-bond acceptors (Lipinski definition) is 6. The summed E-state index contributed by atoms with van der Waals surface area (Å²) in [5.41, 5.74) is 3.12. The first-order valence-electron chi connectivity index (χ1n) is 12.6. The molecule has 0 spiro atoms. The number of hydrogen-bond donors (Lipinski definition) is 2. The lowest BCUT2D eigenvalue weighted by molar-refractivity contribution is -0.139. The Labute approximate surface area is 209 Å². The minimum absolute atomic E-state index is 0.0375. The van der Waals surface area contributed by atoms with Crippen LogP contribution in [0.2, 0.25) is 0 Å². The molecule has 36 heavy (non-hydrogen) atoms. The van der Waals surface area contributed by atoms with Gasteiger partial charge < -0.3 is 19.9 Å². The summed E-state index contributed by atoms with van der Waals surface area (Å²) in [6, 6.07) is 6.85. The highest BCUT2D eigenvalue weighted by Gasteiger charge is 2.36. The Kier molecular flexibility index (Phi) is 6.82. The molecule has 9 nitrogen and oxygen atoms in total. The van der Waals surface area contributed by atoms with Gasteiger partial charge in [0.15, 0.2) is 5.78 Å². The molecule has 5 rings (SSSR count). The lowest BCUT2D eigenvalue weighted by Gasteiger charge is -2.31. The van der Waals surface area contributed by atoms with E-state index in [1.165, 1.54) is 6.92 Å². The highest BCUT2D eigenvalue weighted by Crippen LogP contribution is 2.29. The predicted molar refractivity (Wildman–Crippen MR) is 134 cm³/mol. The second kappa shape index (κ2) is 10.2. The number of aliphatic hydroxyl groups excluding tert-OH is 1. The van der Waals surface area contributed by atoms with E-state index in [1.807, 2.05) is 24.3 Å². The average Bonchev–Trinajstić information content (AvgIpc) is 3.51. The summed E-state index contributed by atoms with van der Waals surface area (Å²) < 4.78 is 1.79. The van der Waals surface area contributed by atoms with Crippen molar-refractivity contribution in [3.05, 3.63) is 48.4 Å². The van der Waals surface area contributed by atoms with Crippen molar-refractivity contribution in [2.75, 3.05) is 6.54 Å². The molecule has 0 bridgehead atoms.